The van der Waals surface area contributed by atoms with Crippen molar-refractivity contribution in [1.82, 2.24) is 9.80 Å². The third-order valence-corrected chi connectivity index (χ3v) is 26.0. The normalized spacial score (nSPS) is 24.2. The van der Waals surface area contributed by atoms with Crippen molar-refractivity contribution in [3.8, 4) is 0 Å². The first-order chi connectivity index (χ1) is 33.6. The lowest BCUT2D eigenvalue weighted by atomic mass is 9.89. The van der Waals surface area contributed by atoms with Gasteiger partial charge in [-0.25, -0.2) is 8.78 Å². The largest absolute Gasteiger partial charge is 0.415 e. The molecule has 8 atom stereocenters. The van der Waals surface area contributed by atoms with Crippen LogP contribution in [-0.4, -0.2) is 75.8 Å². The molecule has 8 rings (SSSR count). The number of hydrogen-bond acceptors (Lipinski definition) is 6. The lowest BCUT2D eigenvalue weighted by Gasteiger charge is -2.48. The Bertz CT molecular complexity index is 2410. The molecule has 2 saturated carbocycles. The van der Waals surface area contributed by atoms with E-state index in [4.69, 9.17) is 64.7 Å². The van der Waals surface area contributed by atoms with Gasteiger partial charge < -0.3 is 28.1 Å². The zero-order valence-electron chi connectivity index (χ0n) is 43.7. The predicted molar refractivity (Wildman–Crippen MR) is 291 cm³/mol. The lowest BCUT2D eigenvalue weighted by molar-refractivity contribution is -0.179. The maximum Gasteiger partial charge on any atom is 0.252 e. The van der Waals surface area contributed by atoms with Crippen LogP contribution < -0.4 is 0 Å². The van der Waals surface area contributed by atoms with Crippen LogP contribution in [0.25, 0.3) is 0 Å². The molecule has 0 bridgehead atoms. The van der Waals surface area contributed by atoms with Crippen LogP contribution in [0.5, 0.6) is 0 Å². The molecule has 16 heteroatoms. The Balaban J connectivity index is 0.000000211. The van der Waals surface area contributed by atoms with Crippen molar-refractivity contribution in [3.05, 3.63) is 139 Å². The van der Waals surface area contributed by atoms with Gasteiger partial charge in [0.2, 0.25) is 0 Å². The van der Waals surface area contributed by atoms with Crippen molar-refractivity contribution in [2.24, 2.45) is 11.8 Å². The third-order valence-electron chi connectivity index (χ3n) is 15.9. The molecule has 72 heavy (non-hydrogen) atoms. The van der Waals surface area contributed by atoms with Crippen LogP contribution in [0.4, 0.5) is 8.78 Å². The molecular weight excluding hydrogens is 1030 g/mol. The van der Waals surface area contributed by atoms with Crippen molar-refractivity contribution in [1.29, 1.82) is 0 Å². The topological polar surface area (TPSA) is 77.5 Å². The smallest absolute Gasteiger partial charge is 0.252 e. The van der Waals surface area contributed by atoms with Crippen LogP contribution in [0.2, 0.25) is 56.4 Å². The summed E-state index contributed by atoms with van der Waals surface area (Å²) in [5, 5.41) is 1.33. The molecule has 2 aliphatic heterocycles. The second-order valence-electron chi connectivity index (χ2n) is 23.2. The van der Waals surface area contributed by atoms with Crippen molar-refractivity contribution in [3.63, 3.8) is 0 Å². The molecule has 4 aromatic carbocycles. The van der Waals surface area contributed by atoms with Crippen molar-refractivity contribution in [2.45, 2.75) is 166 Å². The number of morpholine rings is 2. The zero-order valence-corrected chi connectivity index (χ0v) is 48.7. The number of carbonyl (C=O) groups excluding carboxylic acids is 2. The Morgan fingerprint density at radius 2 is 0.917 bits per heavy atom. The van der Waals surface area contributed by atoms with E-state index in [-0.39, 0.29) is 44.0 Å². The minimum atomic E-state index is -2.06. The van der Waals surface area contributed by atoms with Crippen LogP contribution in [-0.2, 0) is 27.9 Å². The Morgan fingerprint density at radius 1 is 0.569 bits per heavy atom. The van der Waals surface area contributed by atoms with E-state index in [0.29, 0.717) is 46.2 Å². The van der Waals surface area contributed by atoms with E-state index >= 15 is 0 Å². The monoisotopic (exact) mass is 1100 g/mol. The van der Waals surface area contributed by atoms with Gasteiger partial charge in [0, 0.05) is 10.0 Å². The Hall–Kier alpha value is -2.89. The van der Waals surface area contributed by atoms with Crippen LogP contribution >= 0.6 is 46.4 Å². The summed E-state index contributed by atoms with van der Waals surface area (Å²) in [6.07, 6.45) is 1.79. The van der Waals surface area contributed by atoms with Gasteiger partial charge in [0.05, 0.1) is 47.4 Å². The summed E-state index contributed by atoms with van der Waals surface area (Å²) in [4.78, 5) is 31.5. The Labute approximate surface area is 448 Å². The molecule has 0 radical (unpaired) electrons. The molecule has 2 amide bonds. The lowest BCUT2D eigenvalue weighted by Crippen LogP contribution is -2.57. The summed E-state index contributed by atoms with van der Waals surface area (Å²) in [7, 11) is -4.12. The van der Waals surface area contributed by atoms with Gasteiger partial charge in [-0.15, -0.1) is 0 Å². The van der Waals surface area contributed by atoms with Crippen molar-refractivity contribution in [2.75, 3.05) is 13.2 Å². The molecule has 2 saturated heterocycles. The number of hydrogen-bond donors (Lipinski definition) is 0. The van der Waals surface area contributed by atoms with Gasteiger partial charge >= 0.3 is 0 Å². The highest BCUT2D eigenvalue weighted by Crippen LogP contribution is 2.51. The average molecular weight is 1110 g/mol. The minimum Gasteiger partial charge on any atom is -0.415 e. The van der Waals surface area contributed by atoms with Crippen molar-refractivity contribution < 1.29 is 36.7 Å². The molecule has 0 aromatic heterocycles. The summed E-state index contributed by atoms with van der Waals surface area (Å²) in [6, 6.07) is 23.0. The van der Waals surface area contributed by atoms with Gasteiger partial charge in [0.25, 0.3) is 11.8 Å². The predicted octanol–water partition coefficient (Wildman–Crippen LogP) is 15.9. The molecule has 8 nitrogen and oxygen atoms in total. The summed E-state index contributed by atoms with van der Waals surface area (Å²) >= 11 is 24.7. The molecule has 0 spiro atoms. The fourth-order valence-electron chi connectivity index (χ4n) is 9.25. The van der Waals surface area contributed by atoms with E-state index < -0.39 is 64.8 Å². The number of ether oxygens (including phenoxy) is 2. The molecular formula is C56H72Cl4F2N2O6Si2. The Kier molecular flexibility index (Phi) is 17.7. The van der Waals surface area contributed by atoms with Gasteiger partial charge in [-0.2, -0.15) is 0 Å². The number of amides is 2. The molecule has 4 aromatic rings. The molecule has 392 valence electrons. The number of halogens is 6. The van der Waals surface area contributed by atoms with Gasteiger partial charge in [0.1, 0.15) is 36.1 Å². The number of nitrogens with zero attached hydrogens (tertiary/aromatic N) is 2. The maximum atomic E-state index is 14.7. The second kappa shape index (κ2) is 22.4. The highest BCUT2D eigenvalue weighted by atomic mass is 35.5. The standard InChI is InChI=1S/2C28H36Cl2FNO3Si/c2*1-17-27(33)32(24(18-10-11-18)16-34-36(5,6)28(2,3)4)25(19-12-13-22(30)23(31)15-19)26(35-17)20-8-7-9-21(29)14-20/h2*7-9,12-15,17-18,24-26H,10-11,16H2,1-6H3/t17-,24+,25+,26+;17-,24-,25-,26-/m01/s1. The number of benzene rings is 4. The van der Waals surface area contributed by atoms with Gasteiger partial charge in [-0.1, -0.05) is 124 Å². The number of rotatable bonds is 14. The summed E-state index contributed by atoms with van der Waals surface area (Å²) in [6.45, 7) is 26.6. The highest BCUT2D eigenvalue weighted by molar-refractivity contribution is 6.74. The van der Waals surface area contributed by atoms with Crippen LogP contribution in [0.3, 0.4) is 0 Å². The quantitative estimate of drug-likeness (QED) is 0.117. The van der Waals surface area contributed by atoms with Gasteiger partial charge in [-0.3, -0.25) is 9.59 Å². The first-order valence-electron chi connectivity index (χ1n) is 25.2. The van der Waals surface area contributed by atoms with E-state index in [1.807, 2.05) is 46.2 Å². The summed E-state index contributed by atoms with van der Waals surface area (Å²) in [5.41, 5.74) is 2.96. The molecule has 0 unspecified atom stereocenters. The number of carbonyl (C=O) groups is 2. The third kappa shape index (κ3) is 12.8. The van der Waals surface area contributed by atoms with E-state index in [2.05, 4.69) is 67.7 Å². The molecule has 2 aliphatic carbocycles. The zero-order chi connectivity index (χ0) is 52.8. The van der Waals surface area contributed by atoms with E-state index in [1.54, 1.807) is 50.2 Å². The maximum absolute atomic E-state index is 14.7. The van der Waals surface area contributed by atoms with Crippen LogP contribution in [0.15, 0.2) is 84.9 Å². The van der Waals surface area contributed by atoms with Crippen LogP contribution in [0.1, 0.15) is 128 Å². The second-order valence-corrected chi connectivity index (χ2v) is 34.5. The molecule has 4 fully saturated rings. The molecule has 0 N–H and O–H groups in total. The van der Waals surface area contributed by atoms with Crippen molar-refractivity contribution >= 4 is 74.9 Å². The first-order valence-corrected chi connectivity index (χ1v) is 32.6. The summed E-state index contributed by atoms with van der Waals surface area (Å²) in [5.74, 6) is -0.586. The van der Waals surface area contributed by atoms with Gasteiger partial charge in [0.15, 0.2) is 16.6 Å². The highest BCUT2D eigenvalue weighted by Gasteiger charge is 2.52. The van der Waals surface area contributed by atoms with E-state index in [1.165, 1.54) is 12.1 Å². The summed E-state index contributed by atoms with van der Waals surface area (Å²) < 4.78 is 55.4. The minimum absolute atomic E-state index is 0.0426. The van der Waals surface area contributed by atoms with Gasteiger partial charge in [-0.05, 0) is 158 Å². The fourth-order valence-corrected chi connectivity index (χ4v) is 11.9. The fraction of sp³-hybridized carbons (Fsp3) is 0.536. The average Bonchev–Trinajstić information content (AvgIpc) is 4.24. The molecule has 4 aliphatic rings. The van der Waals surface area contributed by atoms with Crippen LogP contribution in [0, 0.1) is 23.5 Å². The van der Waals surface area contributed by atoms with E-state index in [0.717, 1.165) is 36.8 Å². The first kappa shape index (κ1) is 56.8. The molecule has 2 heterocycles. The SMILES string of the molecule is C[C@@H]1O[C@H](c2cccc(Cl)c2)[C@@H](c2ccc(Cl)c(F)c2)N([C@H](CO[Si](C)(C)C(C)(C)C)C2CC2)C1=O.C[C@H]1O[C@H](c2cccc(Cl)c2)[C@@H](c2ccc(Cl)c(F)c2)N([C@H](CO[Si](C)(C)C(C)(C)C)C2CC2)C1=O. The van der Waals surface area contributed by atoms with E-state index in [9.17, 15) is 18.4 Å². The Morgan fingerprint density at radius 3 is 1.21 bits per heavy atom.